The van der Waals surface area contributed by atoms with E-state index in [9.17, 15) is 14.0 Å². The number of halogens is 2. The van der Waals surface area contributed by atoms with Crippen molar-refractivity contribution in [1.29, 1.82) is 0 Å². The lowest BCUT2D eigenvalue weighted by Crippen LogP contribution is -2.66. The average Bonchev–Trinajstić information content (AvgIpc) is 3.04. The zero-order chi connectivity index (χ0) is 24.3. The minimum Gasteiger partial charge on any atom is -0.474 e. The highest BCUT2D eigenvalue weighted by Gasteiger charge is 2.46. The third kappa shape index (κ3) is 3.38. The number of benzene rings is 2. The first kappa shape index (κ1) is 22.5. The number of aromatic nitrogens is 1. The molecule has 35 heavy (non-hydrogen) atoms. The maximum atomic E-state index is 15.1. The normalized spacial score (nSPS) is 20.9. The van der Waals surface area contributed by atoms with E-state index >= 15 is 4.39 Å². The van der Waals surface area contributed by atoms with E-state index in [4.69, 9.17) is 9.26 Å². The molecule has 0 bridgehead atoms. The van der Waals surface area contributed by atoms with Gasteiger partial charge in [-0.25, -0.2) is 8.78 Å². The fourth-order valence-corrected chi connectivity index (χ4v) is 6.43. The Labute approximate surface area is 205 Å². The molecule has 3 aliphatic heterocycles. The predicted molar refractivity (Wildman–Crippen MR) is 129 cm³/mol. The summed E-state index contributed by atoms with van der Waals surface area (Å²) in [6, 6.07) is 11.1. The van der Waals surface area contributed by atoms with Gasteiger partial charge in [-0.15, -0.1) is 11.8 Å². The van der Waals surface area contributed by atoms with Gasteiger partial charge in [0.2, 0.25) is 11.2 Å². The van der Waals surface area contributed by atoms with Gasteiger partial charge in [0.1, 0.15) is 6.17 Å². The van der Waals surface area contributed by atoms with E-state index in [1.165, 1.54) is 24.0 Å². The van der Waals surface area contributed by atoms with E-state index in [-0.39, 0.29) is 35.3 Å². The summed E-state index contributed by atoms with van der Waals surface area (Å²) < 4.78 is 42.1. The molecular weight excluding hydrogens is 495 g/mol. The minimum absolute atomic E-state index is 0.0733. The molecule has 11 heteroatoms. The van der Waals surface area contributed by atoms with Crippen LogP contribution in [0, 0.1) is 11.6 Å². The summed E-state index contributed by atoms with van der Waals surface area (Å²) in [5, 5.41) is 1.91. The summed E-state index contributed by atoms with van der Waals surface area (Å²) in [7, 11) is 2.03. The molecule has 2 aromatic carbocycles. The molecule has 180 valence electrons. The van der Waals surface area contributed by atoms with Crippen LogP contribution in [0.25, 0.3) is 0 Å². The lowest BCUT2D eigenvalue weighted by molar-refractivity contribution is -0.0196. The number of thioether (sulfide) groups is 1. The Hall–Kier alpha value is -2.94. The number of pyridine rings is 1. The smallest absolute Gasteiger partial charge is 0.278 e. The van der Waals surface area contributed by atoms with Gasteiger partial charge in [-0.3, -0.25) is 19.3 Å². The topological polar surface area (TPSA) is 64.0 Å². The Kier molecular flexibility index (Phi) is 5.55. The number of ether oxygens (including phenoxy) is 1. The summed E-state index contributed by atoms with van der Waals surface area (Å²) in [5.41, 5.74) is 1.36. The zero-order valence-corrected chi connectivity index (χ0v) is 20.3. The van der Waals surface area contributed by atoms with Crippen molar-refractivity contribution in [2.75, 3.05) is 24.8 Å². The van der Waals surface area contributed by atoms with E-state index < -0.39 is 29.3 Å². The van der Waals surface area contributed by atoms with Crippen molar-refractivity contribution in [3.8, 4) is 5.75 Å². The highest BCUT2D eigenvalue weighted by Crippen LogP contribution is 2.45. The highest BCUT2D eigenvalue weighted by molar-refractivity contribution is 7.98. The van der Waals surface area contributed by atoms with E-state index in [1.54, 1.807) is 15.6 Å². The van der Waals surface area contributed by atoms with Gasteiger partial charge in [-0.05, 0) is 23.3 Å². The Morgan fingerprint density at radius 1 is 1.09 bits per heavy atom. The van der Waals surface area contributed by atoms with Gasteiger partial charge in [0.25, 0.3) is 5.91 Å². The maximum Gasteiger partial charge on any atom is 0.278 e. The van der Waals surface area contributed by atoms with Crippen molar-refractivity contribution in [3.05, 3.63) is 92.9 Å². The molecule has 3 atom stereocenters. The number of hydrogen-bond acceptors (Lipinski definition) is 6. The molecule has 4 heterocycles. The van der Waals surface area contributed by atoms with Crippen molar-refractivity contribution >= 4 is 27.1 Å². The molecule has 1 saturated heterocycles. The van der Waals surface area contributed by atoms with Crippen LogP contribution in [0.4, 0.5) is 8.78 Å². The van der Waals surface area contributed by atoms with Crippen molar-refractivity contribution in [1.82, 2.24) is 9.58 Å². The molecule has 7 nitrogen and oxygen atoms in total. The Balaban J connectivity index is 1.68. The Morgan fingerprint density at radius 3 is 2.74 bits per heavy atom. The van der Waals surface area contributed by atoms with Crippen LogP contribution in [-0.4, -0.2) is 41.4 Å². The number of rotatable bonds is 2. The van der Waals surface area contributed by atoms with Crippen molar-refractivity contribution in [3.63, 3.8) is 0 Å². The van der Waals surface area contributed by atoms with Gasteiger partial charge in [0.15, 0.2) is 17.3 Å². The maximum absolute atomic E-state index is 15.1. The summed E-state index contributed by atoms with van der Waals surface area (Å²) in [4.78, 5) is 28.7. The average molecular weight is 515 g/mol. The van der Waals surface area contributed by atoms with Gasteiger partial charge in [0, 0.05) is 35.0 Å². The van der Waals surface area contributed by atoms with Crippen molar-refractivity contribution in [2.24, 2.45) is 0 Å². The second-order valence-electron chi connectivity index (χ2n) is 8.41. The van der Waals surface area contributed by atoms with Crippen LogP contribution >= 0.6 is 21.2 Å². The number of amides is 1. The number of carbonyl (C=O) groups is 1. The molecule has 0 radical (unpaired) electrons. The van der Waals surface area contributed by atoms with Crippen LogP contribution in [0.1, 0.15) is 33.2 Å². The van der Waals surface area contributed by atoms with Gasteiger partial charge in [-0.2, -0.15) is 0 Å². The summed E-state index contributed by atoms with van der Waals surface area (Å²) >= 11 is 1.43. The van der Waals surface area contributed by atoms with Crippen LogP contribution < -0.4 is 15.0 Å². The first-order chi connectivity index (χ1) is 17.0. The second kappa shape index (κ2) is 8.62. The third-order valence-electron chi connectivity index (χ3n) is 6.65. The lowest BCUT2D eigenvalue weighted by atomic mass is 9.93. The third-order valence-corrected chi connectivity index (χ3v) is 8.00. The van der Waals surface area contributed by atoms with Crippen LogP contribution in [0.5, 0.6) is 5.75 Å². The van der Waals surface area contributed by atoms with E-state index in [0.29, 0.717) is 18.7 Å². The monoisotopic (exact) mass is 515 g/mol. The van der Waals surface area contributed by atoms with E-state index in [2.05, 4.69) is 0 Å². The SMILES string of the molecule is O=C1c2c(OP)c(=O)ccn2N([C@@H]2c3ccccc3SCc3c2ccc(F)c3F)[C@@H]2COCCN12. The Morgan fingerprint density at radius 2 is 1.91 bits per heavy atom. The van der Waals surface area contributed by atoms with Crippen LogP contribution in [0.3, 0.4) is 0 Å². The van der Waals surface area contributed by atoms with Crippen molar-refractivity contribution in [2.45, 2.75) is 22.9 Å². The fourth-order valence-electron chi connectivity index (χ4n) is 5.08. The van der Waals surface area contributed by atoms with Crippen LogP contribution in [0.2, 0.25) is 0 Å². The molecule has 3 aliphatic rings. The molecule has 0 saturated carbocycles. The number of nitrogens with zero attached hydrogens (tertiary/aromatic N) is 3. The number of fused-ring (bicyclic) bond motifs is 4. The van der Waals surface area contributed by atoms with E-state index in [1.807, 2.05) is 38.7 Å². The van der Waals surface area contributed by atoms with Gasteiger partial charge in [0.05, 0.1) is 28.7 Å². The molecule has 1 amide bonds. The molecule has 1 fully saturated rings. The molecule has 0 aliphatic carbocycles. The molecule has 3 aromatic rings. The molecular formula is C24H20F2N3O4PS. The first-order valence-electron chi connectivity index (χ1n) is 11.0. The lowest BCUT2D eigenvalue weighted by Gasteiger charge is -2.51. The van der Waals surface area contributed by atoms with Gasteiger partial charge in [-0.1, -0.05) is 24.3 Å². The molecule has 1 unspecified atom stereocenters. The second-order valence-corrected chi connectivity index (χ2v) is 9.67. The fraction of sp³-hybridized carbons (Fsp3) is 0.250. The van der Waals surface area contributed by atoms with Gasteiger partial charge >= 0.3 is 0 Å². The summed E-state index contributed by atoms with van der Waals surface area (Å²) in [6.07, 6.45) is 0.972. The minimum atomic E-state index is -0.909. The van der Waals surface area contributed by atoms with E-state index in [0.717, 1.165) is 16.5 Å². The summed E-state index contributed by atoms with van der Waals surface area (Å²) in [5.74, 6) is -1.99. The number of carbonyl (C=O) groups excluding carboxylic acids is 1. The highest BCUT2D eigenvalue weighted by atomic mass is 32.2. The number of hydrogen-bond donors (Lipinski definition) is 0. The standard InChI is InChI=1S/C24H20F2N3O4PS/c25-16-6-5-13-15(20(16)26)12-35-18-4-2-1-3-14(18)21(13)29-19-11-32-10-9-27(19)24(31)22-23(33-34)17(30)7-8-28(22)29/h1-8,19,21H,9-12,34H2/t19-,21+/m1/s1. The molecule has 6 rings (SSSR count). The predicted octanol–water partition coefficient (Wildman–Crippen LogP) is 3.44. The van der Waals surface area contributed by atoms with Crippen molar-refractivity contribution < 1.29 is 22.8 Å². The largest absolute Gasteiger partial charge is 0.474 e. The number of morpholine rings is 1. The molecule has 0 N–H and O–H groups in total. The Bertz CT molecular complexity index is 1420. The van der Waals surface area contributed by atoms with Crippen LogP contribution in [0.15, 0.2) is 58.4 Å². The van der Waals surface area contributed by atoms with Gasteiger partial charge < -0.3 is 14.2 Å². The zero-order valence-electron chi connectivity index (χ0n) is 18.3. The summed E-state index contributed by atoms with van der Waals surface area (Å²) in [6.45, 7) is 0.865. The quantitative estimate of drug-likeness (QED) is 0.488. The first-order valence-corrected chi connectivity index (χ1v) is 12.4. The molecule has 0 spiro atoms. The van der Waals surface area contributed by atoms with Crippen LogP contribution in [-0.2, 0) is 10.5 Å². The molecule has 1 aromatic heterocycles.